The standard InChI is InChI=1S/C13H21NO2/c1-10-7-8-16-13(10)9-14-11-5-3-2-4-6-12(11)15/h7-8,11-12,14-15H,2-6,9H2,1H3. The maximum atomic E-state index is 9.95. The monoisotopic (exact) mass is 223 g/mol. The van der Waals surface area contributed by atoms with Gasteiger partial charge in [0.05, 0.1) is 18.9 Å². The van der Waals surface area contributed by atoms with Crippen molar-refractivity contribution in [2.45, 2.75) is 57.7 Å². The average Bonchev–Trinajstić information content (AvgIpc) is 2.56. The Morgan fingerprint density at radius 3 is 2.94 bits per heavy atom. The van der Waals surface area contributed by atoms with Crippen LogP contribution in [0.4, 0.5) is 0 Å². The average molecular weight is 223 g/mol. The van der Waals surface area contributed by atoms with Crippen LogP contribution in [-0.4, -0.2) is 17.3 Å². The normalized spacial score (nSPS) is 26.6. The minimum Gasteiger partial charge on any atom is -0.468 e. The van der Waals surface area contributed by atoms with Crippen molar-refractivity contribution in [1.29, 1.82) is 0 Å². The molecule has 0 aromatic carbocycles. The predicted octanol–water partition coefficient (Wildman–Crippen LogP) is 2.37. The molecule has 1 aliphatic rings. The van der Waals surface area contributed by atoms with Crippen LogP contribution < -0.4 is 5.32 Å². The molecule has 2 N–H and O–H groups in total. The lowest BCUT2D eigenvalue weighted by Crippen LogP contribution is -2.38. The summed E-state index contributed by atoms with van der Waals surface area (Å²) in [5.41, 5.74) is 1.18. The van der Waals surface area contributed by atoms with Crippen LogP contribution in [0.15, 0.2) is 16.7 Å². The van der Waals surface area contributed by atoms with Crippen LogP contribution in [0.25, 0.3) is 0 Å². The lowest BCUT2D eigenvalue weighted by molar-refractivity contribution is 0.118. The van der Waals surface area contributed by atoms with E-state index in [4.69, 9.17) is 4.42 Å². The number of aliphatic hydroxyl groups excluding tert-OH is 1. The van der Waals surface area contributed by atoms with Gasteiger partial charge >= 0.3 is 0 Å². The molecular formula is C13H21NO2. The smallest absolute Gasteiger partial charge is 0.120 e. The zero-order valence-corrected chi connectivity index (χ0v) is 9.91. The van der Waals surface area contributed by atoms with E-state index in [-0.39, 0.29) is 12.1 Å². The molecular weight excluding hydrogens is 202 g/mol. The highest BCUT2D eigenvalue weighted by molar-refractivity contribution is 5.14. The number of nitrogens with one attached hydrogen (secondary N) is 1. The van der Waals surface area contributed by atoms with Crippen molar-refractivity contribution in [2.75, 3.05) is 0 Å². The van der Waals surface area contributed by atoms with E-state index in [1.807, 2.05) is 13.0 Å². The summed E-state index contributed by atoms with van der Waals surface area (Å²) >= 11 is 0. The number of rotatable bonds is 3. The number of hydrogen-bond donors (Lipinski definition) is 2. The number of aryl methyl sites for hydroxylation is 1. The van der Waals surface area contributed by atoms with Gasteiger partial charge in [-0.1, -0.05) is 19.3 Å². The van der Waals surface area contributed by atoms with E-state index in [0.29, 0.717) is 0 Å². The molecule has 1 heterocycles. The predicted molar refractivity (Wildman–Crippen MR) is 63.2 cm³/mol. The Labute approximate surface area is 96.8 Å². The third-order valence-electron chi connectivity index (χ3n) is 3.47. The number of hydrogen-bond acceptors (Lipinski definition) is 3. The van der Waals surface area contributed by atoms with Crippen molar-refractivity contribution in [2.24, 2.45) is 0 Å². The van der Waals surface area contributed by atoms with Gasteiger partial charge in [-0.3, -0.25) is 0 Å². The highest BCUT2D eigenvalue weighted by atomic mass is 16.3. The molecule has 90 valence electrons. The van der Waals surface area contributed by atoms with Gasteiger partial charge in [-0.25, -0.2) is 0 Å². The molecule has 1 saturated carbocycles. The summed E-state index contributed by atoms with van der Waals surface area (Å²) in [5, 5.41) is 13.4. The van der Waals surface area contributed by atoms with Crippen LogP contribution in [0.2, 0.25) is 0 Å². The summed E-state index contributed by atoms with van der Waals surface area (Å²) in [6, 6.07) is 2.20. The molecule has 1 aromatic rings. The van der Waals surface area contributed by atoms with E-state index in [1.54, 1.807) is 6.26 Å². The summed E-state index contributed by atoms with van der Waals surface area (Å²) in [7, 11) is 0. The molecule has 1 aromatic heterocycles. The molecule has 0 amide bonds. The molecule has 3 nitrogen and oxygen atoms in total. The Morgan fingerprint density at radius 2 is 2.19 bits per heavy atom. The fraction of sp³-hybridized carbons (Fsp3) is 0.692. The summed E-state index contributed by atoms with van der Waals surface area (Å²) in [5.74, 6) is 0.983. The van der Waals surface area contributed by atoms with Gasteiger partial charge in [-0.05, 0) is 31.4 Å². The van der Waals surface area contributed by atoms with Crippen LogP contribution in [-0.2, 0) is 6.54 Å². The first-order chi connectivity index (χ1) is 7.77. The molecule has 1 fully saturated rings. The van der Waals surface area contributed by atoms with Gasteiger partial charge in [0.25, 0.3) is 0 Å². The van der Waals surface area contributed by atoms with E-state index in [1.165, 1.54) is 18.4 Å². The number of aliphatic hydroxyl groups is 1. The molecule has 0 spiro atoms. The largest absolute Gasteiger partial charge is 0.468 e. The van der Waals surface area contributed by atoms with Crippen molar-refractivity contribution >= 4 is 0 Å². The van der Waals surface area contributed by atoms with Gasteiger partial charge in [0, 0.05) is 6.04 Å². The first kappa shape index (κ1) is 11.7. The zero-order chi connectivity index (χ0) is 11.4. The molecule has 2 unspecified atom stereocenters. The minimum atomic E-state index is -0.197. The third-order valence-corrected chi connectivity index (χ3v) is 3.47. The Balaban J connectivity index is 1.86. The Hall–Kier alpha value is -0.800. The highest BCUT2D eigenvalue weighted by Crippen LogP contribution is 2.19. The van der Waals surface area contributed by atoms with E-state index in [0.717, 1.165) is 31.6 Å². The van der Waals surface area contributed by atoms with Gasteiger partial charge < -0.3 is 14.8 Å². The Bertz CT molecular complexity index is 321. The zero-order valence-electron chi connectivity index (χ0n) is 9.91. The summed E-state index contributed by atoms with van der Waals surface area (Å²) in [4.78, 5) is 0. The molecule has 2 rings (SSSR count). The van der Waals surface area contributed by atoms with Crippen LogP contribution in [0, 0.1) is 6.92 Å². The van der Waals surface area contributed by atoms with E-state index in [9.17, 15) is 5.11 Å². The lowest BCUT2D eigenvalue weighted by Gasteiger charge is -2.21. The molecule has 0 radical (unpaired) electrons. The van der Waals surface area contributed by atoms with Gasteiger partial charge in [0.1, 0.15) is 5.76 Å². The minimum absolute atomic E-state index is 0.197. The Kier molecular flexibility index (Phi) is 4.02. The fourth-order valence-electron chi connectivity index (χ4n) is 2.34. The number of furan rings is 1. The van der Waals surface area contributed by atoms with Crippen molar-refractivity contribution in [3.8, 4) is 0 Å². The van der Waals surface area contributed by atoms with Gasteiger partial charge in [-0.2, -0.15) is 0 Å². The van der Waals surface area contributed by atoms with Crippen LogP contribution in [0.1, 0.15) is 43.4 Å². The van der Waals surface area contributed by atoms with Crippen molar-refractivity contribution < 1.29 is 9.52 Å². The first-order valence-corrected chi connectivity index (χ1v) is 6.22. The molecule has 1 aliphatic carbocycles. The maximum Gasteiger partial charge on any atom is 0.120 e. The molecule has 0 aliphatic heterocycles. The second kappa shape index (κ2) is 5.51. The van der Waals surface area contributed by atoms with Gasteiger partial charge in [-0.15, -0.1) is 0 Å². The molecule has 0 saturated heterocycles. The first-order valence-electron chi connectivity index (χ1n) is 6.22. The molecule has 2 atom stereocenters. The molecule has 0 bridgehead atoms. The third kappa shape index (κ3) is 2.86. The fourth-order valence-corrected chi connectivity index (χ4v) is 2.34. The summed E-state index contributed by atoms with van der Waals surface area (Å²) in [6.45, 7) is 2.77. The van der Waals surface area contributed by atoms with Gasteiger partial charge in [0.2, 0.25) is 0 Å². The molecule has 16 heavy (non-hydrogen) atoms. The second-order valence-electron chi connectivity index (χ2n) is 4.72. The van der Waals surface area contributed by atoms with E-state index in [2.05, 4.69) is 5.32 Å². The quantitative estimate of drug-likeness (QED) is 0.773. The second-order valence-corrected chi connectivity index (χ2v) is 4.72. The van der Waals surface area contributed by atoms with Gasteiger partial charge in [0.15, 0.2) is 0 Å². The van der Waals surface area contributed by atoms with Crippen LogP contribution >= 0.6 is 0 Å². The maximum absolute atomic E-state index is 9.95. The summed E-state index contributed by atoms with van der Waals surface area (Å²) in [6.07, 6.45) is 7.13. The topological polar surface area (TPSA) is 45.4 Å². The Morgan fingerprint density at radius 1 is 1.38 bits per heavy atom. The highest BCUT2D eigenvalue weighted by Gasteiger charge is 2.21. The van der Waals surface area contributed by atoms with Crippen LogP contribution in [0.5, 0.6) is 0 Å². The summed E-state index contributed by atoms with van der Waals surface area (Å²) < 4.78 is 5.38. The SMILES string of the molecule is Cc1ccoc1CNC1CCCCCC1O. The van der Waals surface area contributed by atoms with Crippen molar-refractivity contribution in [1.82, 2.24) is 5.32 Å². The lowest BCUT2D eigenvalue weighted by atomic mass is 10.1. The van der Waals surface area contributed by atoms with E-state index >= 15 is 0 Å². The molecule has 3 heteroatoms. The van der Waals surface area contributed by atoms with E-state index < -0.39 is 0 Å². The van der Waals surface area contributed by atoms with Crippen molar-refractivity contribution in [3.05, 3.63) is 23.7 Å². The van der Waals surface area contributed by atoms with Crippen molar-refractivity contribution in [3.63, 3.8) is 0 Å². The van der Waals surface area contributed by atoms with Crippen LogP contribution in [0.3, 0.4) is 0 Å².